The Morgan fingerprint density at radius 1 is 0.722 bits per heavy atom. The average molecular weight is 740 g/mol. The molecule has 0 N–H and O–H groups in total. The Morgan fingerprint density at radius 2 is 1.26 bits per heavy atom. The molecule has 10 heteroatoms. The molecule has 4 rings (SSSR count). The SMILES string of the molecule is CCC(C)(C)OC(=O)C(C)(C)Oc1c(C)cc(/C=C/C(=O)c2cc3c(nc2OC)C=C3c2cc(C=O)cc(C)c2OC(C)(C)C(=O)OC(C)(C)C)cc1C. The van der Waals surface area contributed by atoms with Gasteiger partial charge in [-0.15, -0.1) is 0 Å². The lowest BCUT2D eigenvalue weighted by molar-refractivity contribution is -0.173. The standard InChI is InChI=1S/C44H53NO9/c1-15-42(8,9)54-40(49)44(12,13)51-36-25(2)18-28(19-26(36)3)16-17-35(47)33-22-31-30(23-34(31)45-38(33)50-14)32-21-29(24-46)20-27(4)37(32)52-43(10,11)39(48)53-41(5,6)7/h16-24H,15H2,1-14H3/b17-16+. The zero-order chi connectivity index (χ0) is 40.6. The Balaban J connectivity index is 1.64. The van der Waals surface area contributed by atoms with Crippen LogP contribution in [0.5, 0.6) is 17.4 Å². The number of esters is 2. The summed E-state index contributed by atoms with van der Waals surface area (Å²) in [5.41, 5.74) is 2.23. The summed E-state index contributed by atoms with van der Waals surface area (Å²) in [6, 6.07) is 8.84. The molecule has 1 heterocycles. The molecule has 1 aromatic heterocycles. The lowest BCUT2D eigenvalue weighted by atomic mass is 9.84. The molecule has 1 aliphatic carbocycles. The van der Waals surface area contributed by atoms with E-state index < -0.39 is 34.3 Å². The van der Waals surface area contributed by atoms with Crippen molar-refractivity contribution in [3.05, 3.63) is 86.6 Å². The van der Waals surface area contributed by atoms with Gasteiger partial charge in [-0.25, -0.2) is 14.6 Å². The molecular weight excluding hydrogens is 686 g/mol. The maximum atomic E-state index is 13.7. The summed E-state index contributed by atoms with van der Waals surface area (Å²) in [4.78, 5) is 56.3. The molecule has 0 amide bonds. The van der Waals surface area contributed by atoms with Crippen LogP contribution >= 0.6 is 0 Å². The normalized spacial score (nSPS) is 13.0. The van der Waals surface area contributed by atoms with Crippen LogP contribution in [0.3, 0.4) is 0 Å². The Bertz CT molecular complexity index is 2040. The van der Waals surface area contributed by atoms with E-state index in [1.165, 1.54) is 13.2 Å². The summed E-state index contributed by atoms with van der Waals surface area (Å²) in [5.74, 6) is -0.208. The quantitative estimate of drug-likeness (QED) is 0.0535. The monoisotopic (exact) mass is 739 g/mol. The van der Waals surface area contributed by atoms with Crippen molar-refractivity contribution in [2.75, 3.05) is 7.11 Å². The minimum Gasteiger partial charge on any atom is -0.480 e. The molecule has 54 heavy (non-hydrogen) atoms. The highest BCUT2D eigenvalue weighted by molar-refractivity contribution is 6.11. The summed E-state index contributed by atoms with van der Waals surface area (Å²) in [6.45, 7) is 23.2. The molecule has 0 saturated heterocycles. The fraction of sp³-hybridized carbons (Fsp3) is 0.432. The second kappa shape index (κ2) is 15.2. The van der Waals surface area contributed by atoms with Crippen molar-refractivity contribution in [2.24, 2.45) is 0 Å². The molecule has 1 aliphatic rings. The predicted molar refractivity (Wildman–Crippen MR) is 209 cm³/mol. The Kier molecular flexibility index (Phi) is 11.7. The van der Waals surface area contributed by atoms with Crippen LogP contribution in [0.1, 0.15) is 135 Å². The van der Waals surface area contributed by atoms with Crippen LogP contribution in [0.25, 0.3) is 17.7 Å². The number of aryl methyl sites for hydroxylation is 3. The summed E-state index contributed by atoms with van der Waals surface area (Å²) >= 11 is 0. The van der Waals surface area contributed by atoms with Crippen molar-refractivity contribution in [3.63, 3.8) is 0 Å². The Hall–Kier alpha value is -5.25. The van der Waals surface area contributed by atoms with Crippen LogP contribution in [0.15, 0.2) is 36.4 Å². The van der Waals surface area contributed by atoms with Gasteiger partial charge in [0.1, 0.15) is 29.0 Å². The van der Waals surface area contributed by atoms with Crippen LogP contribution in [-0.2, 0) is 19.1 Å². The van der Waals surface area contributed by atoms with Gasteiger partial charge in [0, 0.05) is 16.7 Å². The third-order valence-electron chi connectivity index (χ3n) is 9.00. The number of fused-ring (bicyclic) bond motifs is 1. The number of carbonyl (C=O) groups excluding carboxylic acids is 4. The number of aldehydes is 1. The molecule has 0 unspecified atom stereocenters. The number of aromatic nitrogens is 1. The van der Waals surface area contributed by atoms with Crippen LogP contribution in [0, 0.1) is 20.8 Å². The molecular formula is C44H53NO9. The zero-order valence-corrected chi connectivity index (χ0v) is 34.0. The van der Waals surface area contributed by atoms with E-state index in [2.05, 4.69) is 4.98 Å². The van der Waals surface area contributed by atoms with Gasteiger partial charge >= 0.3 is 11.9 Å². The van der Waals surface area contributed by atoms with E-state index in [1.807, 2.05) is 52.8 Å². The summed E-state index contributed by atoms with van der Waals surface area (Å²) in [7, 11) is 1.45. The molecule has 0 radical (unpaired) electrons. The molecule has 0 aliphatic heterocycles. The largest absolute Gasteiger partial charge is 0.480 e. The number of ketones is 1. The third-order valence-corrected chi connectivity index (χ3v) is 9.00. The number of methoxy groups -OCH3 is 1. The summed E-state index contributed by atoms with van der Waals surface area (Å²) in [6.07, 6.45) is 6.38. The summed E-state index contributed by atoms with van der Waals surface area (Å²) < 4.78 is 29.4. The minimum atomic E-state index is -1.36. The van der Waals surface area contributed by atoms with E-state index in [0.29, 0.717) is 51.4 Å². The number of ether oxygens (including phenoxy) is 5. The van der Waals surface area contributed by atoms with Gasteiger partial charge in [0.05, 0.1) is 18.4 Å². The highest BCUT2D eigenvalue weighted by atomic mass is 16.6. The minimum absolute atomic E-state index is 0.163. The van der Waals surface area contributed by atoms with E-state index in [1.54, 1.807) is 79.7 Å². The first kappa shape index (κ1) is 41.5. The van der Waals surface area contributed by atoms with Gasteiger partial charge in [-0.05, 0) is 160 Å². The summed E-state index contributed by atoms with van der Waals surface area (Å²) in [5, 5.41) is 0. The van der Waals surface area contributed by atoms with Crippen molar-refractivity contribution >= 4 is 41.7 Å². The van der Waals surface area contributed by atoms with Gasteiger partial charge in [-0.2, -0.15) is 0 Å². The van der Waals surface area contributed by atoms with Crippen molar-refractivity contribution in [1.82, 2.24) is 4.98 Å². The highest BCUT2D eigenvalue weighted by Gasteiger charge is 2.38. The maximum Gasteiger partial charge on any atom is 0.350 e. The van der Waals surface area contributed by atoms with Crippen molar-refractivity contribution in [1.29, 1.82) is 0 Å². The smallest absolute Gasteiger partial charge is 0.350 e. The lowest BCUT2D eigenvalue weighted by Gasteiger charge is -2.31. The van der Waals surface area contributed by atoms with Crippen molar-refractivity contribution in [2.45, 2.75) is 119 Å². The Morgan fingerprint density at radius 3 is 1.80 bits per heavy atom. The van der Waals surface area contributed by atoms with Crippen molar-refractivity contribution < 1.29 is 42.9 Å². The van der Waals surface area contributed by atoms with E-state index in [9.17, 15) is 19.2 Å². The van der Waals surface area contributed by atoms with Gasteiger partial charge in [0.15, 0.2) is 17.0 Å². The maximum absolute atomic E-state index is 13.7. The molecule has 3 aromatic rings. The van der Waals surface area contributed by atoms with E-state index in [-0.39, 0.29) is 17.2 Å². The van der Waals surface area contributed by atoms with Gasteiger partial charge in [-0.1, -0.05) is 13.0 Å². The Labute approximate surface area is 318 Å². The van der Waals surface area contributed by atoms with E-state index in [0.717, 1.165) is 23.0 Å². The van der Waals surface area contributed by atoms with Gasteiger partial charge < -0.3 is 23.7 Å². The number of hydrogen-bond acceptors (Lipinski definition) is 10. The van der Waals surface area contributed by atoms with E-state index in [4.69, 9.17) is 23.7 Å². The fourth-order valence-corrected chi connectivity index (χ4v) is 5.68. The molecule has 288 valence electrons. The van der Waals surface area contributed by atoms with Gasteiger partial charge in [-0.3, -0.25) is 9.59 Å². The zero-order valence-electron chi connectivity index (χ0n) is 34.0. The topological polar surface area (TPSA) is 127 Å². The molecule has 0 bridgehead atoms. The number of carbonyl (C=O) groups is 4. The molecule has 0 spiro atoms. The lowest BCUT2D eigenvalue weighted by Crippen LogP contribution is -2.44. The number of benzene rings is 2. The predicted octanol–water partition coefficient (Wildman–Crippen LogP) is 9.01. The molecule has 0 fully saturated rings. The number of hydrogen-bond donors (Lipinski definition) is 0. The molecule has 0 saturated carbocycles. The number of pyridine rings is 1. The fourth-order valence-electron chi connectivity index (χ4n) is 5.68. The van der Waals surface area contributed by atoms with Crippen LogP contribution in [0.2, 0.25) is 0 Å². The van der Waals surface area contributed by atoms with E-state index >= 15 is 0 Å². The van der Waals surface area contributed by atoms with Gasteiger partial charge in [0.25, 0.3) is 0 Å². The third kappa shape index (κ3) is 9.27. The second-order valence-electron chi connectivity index (χ2n) is 16.3. The van der Waals surface area contributed by atoms with Gasteiger partial charge in [0.2, 0.25) is 5.88 Å². The molecule has 2 aromatic carbocycles. The number of rotatable bonds is 14. The first-order valence-corrected chi connectivity index (χ1v) is 18.0. The highest BCUT2D eigenvalue weighted by Crippen LogP contribution is 2.45. The molecule has 0 atom stereocenters. The average Bonchev–Trinajstić information content (AvgIpc) is 3.05. The van der Waals surface area contributed by atoms with Crippen molar-refractivity contribution in [3.8, 4) is 17.4 Å². The first-order valence-electron chi connectivity index (χ1n) is 18.0. The first-order chi connectivity index (χ1) is 24.9. The van der Waals surface area contributed by atoms with Crippen LogP contribution in [-0.4, -0.2) is 58.5 Å². The van der Waals surface area contributed by atoms with Crippen LogP contribution in [0.4, 0.5) is 0 Å². The van der Waals surface area contributed by atoms with Crippen LogP contribution < -0.4 is 14.2 Å². The number of allylic oxidation sites excluding steroid dienone is 1. The number of nitrogens with zero attached hydrogens (tertiary/aromatic N) is 1. The molecule has 10 nitrogen and oxygen atoms in total. The second-order valence-corrected chi connectivity index (χ2v) is 16.3.